The summed E-state index contributed by atoms with van der Waals surface area (Å²) in [5, 5.41) is 0.0928. The summed E-state index contributed by atoms with van der Waals surface area (Å²) in [6.45, 7) is 2.56. The molecule has 1 heterocycles. The van der Waals surface area contributed by atoms with Gasteiger partial charge in [0.2, 0.25) is 5.91 Å². The molecular formula is C19H18ClNO3S. The molecule has 6 heteroatoms. The maximum absolute atomic E-state index is 12.3. The van der Waals surface area contributed by atoms with Gasteiger partial charge >= 0.3 is 0 Å². The summed E-state index contributed by atoms with van der Waals surface area (Å²) in [5.41, 5.74) is 1.81. The zero-order valence-electron chi connectivity index (χ0n) is 13.8. The Morgan fingerprint density at radius 2 is 1.76 bits per heavy atom. The number of halogens is 1. The fourth-order valence-corrected chi connectivity index (χ4v) is 3.97. The van der Waals surface area contributed by atoms with E-state index in [9.17, 15) is 9.59 Å². The zero-order chi connectivity index (χ0) is 17.8. The third kappa shape index (κ3) is 3.99. The lowest BCUT2D eigenvalue weighted by molar-refractivity contribution is -0.126. The number of carbonyl (C=O) groups excluding carboxylic acids is 2. The Kier molecular flexibility index (Phi) is 5.66. The lowest BCUT2D eigenvalue weighted by atomic mass is 10.1. The summed E-state index contributed by atoms with van der Waals surface area (Å²) in [6.07, 6.45) is 0.463. The van der Waals surface area contributed by atoms with Crippen LogP contribution in [-0.2, 0) is 17.8 Å². The predicted molar refractivity (Wildman–Crippen MR) is 100 cm³/mol. The first-order valence-corrected chi connectivity index (χ1v) is 9.32. The molecule has 2 aromatic rings. The number of benzene rings is 2. The second kappa shape index (κ2) is 7.93. The standard InChI is InChI=1S/C19H18ClNO3S/c1-2-21-18(22)17(25-19(21)23)11-13-7-4-6-10-16(13)24-12-14-8-3-5-9-15(14)20/h3-10,17H,2,11-12H2,1H3/t17-/m0/s1. The van der Waals surface area contributed by atoms with Gasteiger partial charge in [0.1, 0.15) is 12.4 Å². The number of thioether (sulfide) groups is 1. The average Bonchev–Trinajstić information content (AvgIpc) is 2.88. The highest BCUT2D eigenvalue weighted by Crippen LogP contribution is 2.32. The molecule has 4 nitrogen and oxygen atoms in total. The lowest BCUT2D eigenvalue weighted by Gasteiger charge is -2.14. The topological polar surface area (TPSA) is 46.6 Å². The molecule has 0 spiro atoms. The molecule has 0 aliphatic carbocycles. The summed E-state index contributed by atoms with van der Waals surface area (Å²) < 4.78 is 5.93. The molecule has 1 aliphatic rings. The number of imide groups is 1. The van der Waals surface area contributed by atoms with Gasteiger partial charge in [-0.2, -0.15) is 0 Å². The summed E-state index contributed by atoms with van der Waals surface area (Å²) in [7, 11) is 0. The third-order valence-corrected chi connectivity index (χ3v) is 5.48. The van der Waals surface area contributed by atoms with Crippen LogP contribution in [0.1, 0.15) is 18.1 Å². The van der Waals surface area contributed by atoms with Crippen LogP contribution in [0.4, 0.5) is 4.79 Å². The van der Waals surface area contributed by atoms with E-state index in [0.29, 0.717) is 30.3 Å². The summed E-state index contributed by atoms with van der Waals surface area (Å²) >= 11 is 7.25. The van der Waals surface area contributed by atoms with Crippen molar-refractivity contribution in [1.82, 2.24) is 4.90 Å². The van der Waals surface area contributed by atoms with Crippen molar-refractivity contribution in [3.05, 3.63) is 64.7 Å². The smallest absolute Gasteiger partial charge is 0.289 e. The highest BCUT2D eigenvalue weighted by molar-refractivity contribution is 8.15. The van der Waals surface area contributed by atoms with E-state index in [2.05, 4.69) is 0 Å². The third-order valence-electron chi connectivity index (χ3n) is 4.04. The molecule has 1 fully saturated rings. The van der Waals surface area contributed by atoms with E-state index in [1.807, 2.05) is 48.5 Å². The molecule has 1 aliphatic heterocycles. The van der Waals surface area contributed by atoms with E-state index in [1.54, 1.807) is 6.92 Å². The Morgan fingerprint density at radius 1 is 1.08 bits per heavy atom. The number of para-hydroxylation sites is 1. The minimum Gasteiger partial charge on any atom is -0.489 e. The molecule has 2 aromatic carbocycles. The lowest BCUT2D eigenvalue weighted by Crippen LogP contribution is -2.31. The average molecular weight is 376 g/mol. The van der Waals surface area contributed by atoms with E-state index < -0.39 is 5.25 Å². The van der Waals surface area contributed by atoms with Crippen LogP contribution >= 0.6 is 23.4 Å². The van der Waals surface area contributed by atoms with Gasteiger partial charge in [-0.25, -0.2) is 0 Å². The second-order valence-corrected chi connectivity index (χ2v) is 7.21. The van der Waals surface area contributed by atoms with Crippen LogP contribution in [0.5, 0.6) is 5.75 Å². The Hall–Kier alpha value is -1.98. The van der Waals surface area contributed by atoms with Crippen molar-refractivity contribution in [3.8, 4) is 5.75 Å². The molecule has 130 valence electrons. The fourth-order valence-electron chi connectivity index (χ4n) is 2.70. The van der Waals surface area contributed by atoms with Crippen molar-refractivity contribution < 1.29 is 14.3 Å². The van der Waals surface area contributed by atoms with Gasteiger partial charge in [-0.05, 0) is 31.0 Å². The SMILES string of the molecule is CCN1C(=O)S[C@@H](Cc2ccccc2OCc2ccccc2Cl)C1=O. The predicted octanol–water partition coefficient (Wildman–Crippen LogP) is 4.55. The highest BCUT2D eigenvalue weighted by Gasteiger charge is 2.38. The van der Waals surface area contributed by atoms with E-state index in [0.717, 1.165) is 22.9 Å². The maximum atomic E-state index is 12.3. The van der Waals surface area contributed by atoms with Crippen LogP contribution in [0.2, 0.25) is 5.02 Å². The molecule has 0 radical (unpaired) electrons. The molecular weight excluding hydrogens is 358 g/mol. The van der Waals surface area contributed by atoms with Crippen molar-refractivity contribution in [2.24, 2.45) is 0 Å². The van der Waals surface area contributed by atoms with Gasteiger partial charge in [-0.3, -0.25) is 14.5 Å². The Labute approximate surface area is 156 Å². The number of amides is 2. The summed E-state index contributed by atoms with van der Waals surface area (Å²) in [6, 6.07) is 15.1. The molecule has 0 N–H and O–H groups in total. The molecule has 1 atom stereocenters. The molecule has 25 heavy (non-hydrogen) atoms. The van der Waals surface area contributed by atoms with Crippen LogP contribution in [0.3, 0.4) is 0 Å². The molecule has 0 saturated carbocycles. The number of ether oxygens (including phenoxy) is 1. The maximum Gasteiger partial charge on any atom is 0.289 e. The molecule has 1 saturated heterocycles. The fraction of sp³-hybridized carbons (Fsp3) is 0.263. The van der Waals surface area contributed by atoms with E-state index >= 15 is 0 Å². The quantitative estimate of drug-likeness (QED) is 0.743. The number of hydrogen-bond donors (Lipinski definition) is 0. The first kappa shape index (κ1) is 17.8. The van der Waals surface area contributed by atoms with E-state index in [4.69, 9.17) is 16.3 Å². The summed E-state index contributed by atoms with van der Waals surface area (Å²) in [4.78, 5) is 25.5. The molecule has 0 aromatic heterocycles. The van der Waals surface area contributed by atoms with Gasteiger partial charge in [0, 0.05) is 17.1 Å². The Balaban J connectivity index is 1.72. The van der Waals surface area contributed by atoms with E-state index in [1.165, 1.54) is 4.90 Å². The van der Waals surface area contributed by atoms with Gasteiger partial charge in [0.05, 0.1) is 5.25 Å². The minimum atomic E-state index is -0.391. The van der Waals surface area contributed by atoms with Crippen LogP contribution in [-0.4, -0.2) is 27.8 Å². The number of rotatable bonds is 6. The summed E-state index contributed by atoms with van der Waals surface area (Å²) in [5.74, 6) is 0.580. The van der Waals surface area contributed by atoms with Crippen LogP contribution in [0.15, 0.2) is 48.5 Å². The normalized spacial score (nSPS) is 17.2. The van der Waals surface area contributed by atoms with Crippen molar-refractivity contribution >= 4 is 34.5 Å². The first-order valence-electron chi connectivity index (χ1n) is 8.06. The van der Waals surface area contributed by atoms with Gasteiger partial charge < -0.3 is 4.74 Å². The van der Waals surface area contributed by atoms with Crippen molar-refractivity contribution in [3.63, 3.8) is 0 Å². The molecule has 0 unspecified atom stereocenters. The van der Waals surface area contributed by atoms with Gasteiger partial charge in [-0.15, -0.1) is 0 Å². The monoisotopic (exact) mass is 375 g/mol. The first-order chi connectivity index (χ1) is 12.1. The highest BCUT2D eigenvalue weighted by atomic mass is 35.5. The van der Waals surface area contributed by atoms with Crippen LogP contribution < -0.4 is 4.74 Å². The Bertz CT molecular complexity index is 796. The van der Waals surface area contributed by atoms with Crippen LogP contribution in [0.25, 0.3) is 0 Å². The molecule has 3 rings (SSSR count). The molecule has 2 amide bonds. The Morgan fingerprint density at radius 3 is 2.44 bits per heavy atom. The van der Waals surface area contributed by atoms with E-state index in [-0.39, 0.29) is 11.1 Å². The second-order valence-electron chi connectivity index (χ2n) is 5.65. The zero-order valence-corrected chi connectivity index (χ0v) is 15.3. The number of nitrogens with zero attached hydrogens (tertiary/aromatic N) is 1. The van der Waals surface area contributed by atoms with Gasteiger partial charge in [0.15, 0.2) is 0 Å². The van der Waals surface area contributed by atoms with Gasteiger partial charge in [0.25, 0.3) is 5.24 Å². The van der Waals surface area contributed by atoms with Gasteiger partial charge in [-0.1, -0.05) is 59.8 Å². The minimum absolute atomic E-state index is 0.126. The number of hydrogen-bond acceptors (Lipinski definition) is 4. The van der Waals surface area contributed by atoms with Crippen molar-refractivity contribution in [1.29, 1.82) is 0 Å². The van der Waals surface area contributed by atoms with Crippen molar-refractivity contribution in [2.45, 2.75) is 25.2 Å². The number of carbonyl (C=O) groups is 2. The molecule has 0 bridgehead atoms. The largest absolute Gasteiger partial charge is 0.489 e. The van der Waals surface area contributed by atoms with Crippen molar-refractivity contribution in [2.75, 3.05) is 6.54 Å². The van der Waals surface area contributed by atoms with Crippen LogP contribution in [0, 0.1) is 0 Å².